The Morgan fingerprint density at radius 2 is 1.68 bits per heavy atom. The average molecular weight is 334 g/mol. The topological polar surface area (TPSA) is 74.4 Å². The lowest BCUT2D eigenvalue weighted by molar-refractivity contribution is 0.0995. The molecule has 5 heteroatoms. The van der Waals surface area contributed by atoms with Crippen LogP contribution in [0.2, 0.25) is 0 Å². The molecule has 3 aromatic rings. The van der Waals surface area contributed by atoms with E-state index in [1.165, 1.54) is 17.8 Å². The Labute approximate surface area is 146 Å². The fraction of sp³-hybridized carbons (Fsp3) is 0.100. The van der Waals surface area contributed by atoms with Crippen molar-refractivity contribution < 1.29 is 14.3 Å². The first-order valence-corrected chi connectivity index (χ1v) is 7.91. The second-order valence-electron chi connectivity index (χ2n) is 5.40. The summed E-state index contributed by atoms with van der Waals surface area (Å²) in [5.74, 6) is 1.23. The van der Waals surface area contributed by atoms with Crippen LogP contribution in [0.4, 0.5) is 0 Å². The summed E-state index contributed by atoms with van der Waals surface area (Å²) in [6.45, 7) is 0.578. The van der Waals surface area contributed by atoms with Gasteiger partial charge in [-0.05, 0) is 23.8 Å². The van der Waals surface area contributed by atoms with E-state index < -0.39 is 5.91 Å². The number of carbonyl (C=O) groups excluding carboxylic acids is 1. The number of pyridine rings is 1. The van der Waals surface area contributed by atoms with E-state index in [1.54, 1.807) is 12.1 Å². The van der Waals surface area contributed by atoms with Gasteiger partial charge < -0.3 is 15.2 Å². The number of carbonyl (C=O) groups is 1. The molecule has 0 saturated carbocycles. The number of primary amides is 1. The van der Waals surface area contributed by atoms with Gasteiger partial charge in [-0.15, -0.1) is 0 Å². The maximum atomic E-state index is 11.2. The van der Waals surface area contributed by atoms with Crippen molar-refractivity contribution in [3.8, 4) is 17.2 Å². The fourth-order valence-electron chi connectivity index (χ4n) is 2.30. The van der Waals surface area contributed by atoms with E-state index in [4.69, 9.17) is 15.2 Å². The van der Waals surface area contributed by atoms with Crippen molar-refractivity contribution in [2.75, 3.05) is 6.61 Å². The van der Waals surface area contributed by atoms with Crippen LogP contribution >= 0.6 is 0 Å². The summed E-state index contributed by atoms with van der Waals surface area (Å²) in [6.07, 6.45) is 2.31. The van der Waals surface area contributed by atoms with E-state index in [1.807, 2.05) is 36.4 Å². The van der Waals surface area contributed by atoms with Crippen molar-refractivity contribution in [2.24, 2.45) is 5.73 Å². The molecule has 0 bridgehead atoms. The van der Waals surface area contributed by atoms with Crippen LogP contribution in [0.25, 0.3) is 0 Å². The normalized spacial score (nSPS) is 10.2. The lowest BCUT2D eigenvalue weighted by atomic mass is 10.2. The van der Waals surface area contributed by atoms with Gasteiger partial charge in [0.2, 0.25) is 0 Å². The minimum absolute atomic E-state index is 0.160. The summed E-state index contributed by atoms with van der Waals surface area (Å²) in [4.78, 5) is 15.1. The average Bonchev–Trinajstić information content (AvgIpc) is 2.63. The van der Waals surface area contributed by atoms with Gasteiger partial charge in [0.05, 0.1) is 6.61 Å². The predicted molar refractivity (Wildman–Crippen MR) is 94.9 cm³/mol. The monoisotopic (exact) mass is 334 g/mol. The van der Waals surface area contributed by atoms with E-state index in [0.29, 0.717) is 18.1 Å². The van der Waals surface area contributed by atoms with Crippen molar-refractivity contribution in [3.63, 3.8) is 0 Å². The Hall–Kier alpha value is -3.34. The lowest BCUT2D eigenvalue weighted by Crippen LogP contribution is -2.12. The zero-order chi connectivity index (χ0) is 17.5. The van der Waals surface area contributed by atoms with Gasteiger partial charge in [-0.2, -0.15) is 0 Å². The maximum absolute atomic E-state index is 11.2. The van der Waals surface area contributed by atoms with Crippen LogP contribution in [0, 0.1) is 0 Å². The number of aromatic nitrogens is 1. The molecule has 0 radical (unpaired) electrons. The van der Waals surface area contributed by atoms with Gasteiger partial charge in [0.15, 0.2) is 0 Å². The fourth-order valence-corrected chi connectivity index (χ4v) is 2.30. The smallest absolute Gasteiger partial charge is 0.267 e. The second-order valence-corrected chi connectivity index (χ2v) is 5.40. The number of ether oxygens (including phenoxy) is 2. The molecule has 0 aliphatic heterocycles. The number of rotatable bonds is 7. The Kier molecular flexibility index (Phi) is 5.26. The third-order valence-corrected chi connectivity index (χ3v) is 3.53. The van der Waals surface area contributed by atoms with Crippen LogP contribution in [0.5, 0.6) is 17.2 Å². The van der Waals surface area contributed by atoms with Gasteiger partial charge in [0, 0.05) is 24.8 Å². The zero-order valence-electron chi connectivity index (χ0n) is 13.6. The van der Waals surface area contributed by atoms with Gasteiger partial charge >= 0.3 is 0 Å². The van der Waals surface area contributed by atoms with Gasteiger partial charge in [-0.25, -0.2) is 0 Å². The SMILES string of the molecule is NC(=O)c1cc(Oc2cccc(OCCc3ccccc3)c2)ccn1. The number of benzene rings is 2. The Bertz CT molecular complexity index is 850. The number of nitrogens with zero attached hydrogens (tertiary/aromatic N) is 1. The van der Waals surface area contributed by atoms with Crippen LogP contribution in [-0.4, -0.2) is 17.5 Å². The molecule has 2 aromatic carbocycles. The molecule has 5 nitrogen and oxygen atoms in total. The number of amides is 1. The minimum Gasteiger partial charge on any atom is -0.493 e. The van der Waals surface area contributed by atoms with Crippen molar-refractivity contribution in [2.45, 2.75) is 6.42 Å². The van der Waals surface area contributed by atoms with E-state index in [2.05, 4.69) is 17.1 Å². The number of hydrogen-bond acceptors (Lipinski definition) is 4. The van der Waals surface area contributed by atoms with Crippen LogP contribution in [0.3, 0.4) is 0 Å². The molecule has 0 aliphatic carbocycles. The highest BCUT2D eigenvalue weighted by molar-refractivity contribution is 5.91. The molecule has 0 unspecified atom stereocenters. The Morgan fingerprint density at radius 3 is 2.48 bits per heavy atom. The minimum atomic E-state index is -0.594. The largest absolute Gasteiger partial charge is 0.493 e. The molecule has 126 valence electrons. The molecule has 1 aromatic heterocycles. The Balaban J connectivity index is 1.61. The van der Waals surface area contributed by atoms with Crippen LogP contribution < -0.4 is 15.2 Å². The summed E-state index contributed by atoms with van der Waals surface area (Å²) >= 11 is 0. The van der Waals surface area contributed by atoms with Gasteiger partial charge in [0.25, 0.3) is 5.91 Å². The molecule has 25 heavy (non-hydrogen) atoms. The molecular formula is C20H18N2O3. The molecule has 2 N–H and O–H groups in total. The van der Waals surface area contributed by atoms with Crippen molar-refractivity contribution in [1.29, 1.82) is 0 Å². The summed E-state index contributed by atoms with van der Waals surface area (Å²) < 4.78 is 11.5. The summed E-state index contributed by atoms with van der Waals surface area (Å²) in [5.41, 5.74) is 6.61. The molecular weight excluding hydrogens is 316 g/mol. The molecule has 0 fully saturated rings. The van der Waals surface area contributed by atoms with E-state index in [-0.39, 0.29) is 5.69 Å². The highest BCUT2D eigenvalue weighted by Crippen LogP contribution is 2.25. The molecule has 0 atom stereocenters. The lowest BCUT2D eigenvalue weighted by Gasteiger charge is -2.10. The quantitative estimate of drug-likeness (QED) is 0.716. The molecule has 0 saturated heterocycles. The third kappa shape index (κ3) is 4.81. The summed E-state index contributed by atoms with van der Waals surface area (Å²) in [5, 5.41) is 0. The highest BCUT2D eigenvalue weighted by Gasteiger charge is 2.05. The Morgan fingerprint density at radius 1 is 0.920 bits per heavy atom. The van der Waals surface area contributed by atoms with Crippen molar-refractivity contribution in [3.05, 3.63) is 84.2 Å². The third-order valence-electron chi connectivity index (χ3n) is 3.53. The van der Waals surface area contributed by atoms with Crippen LogP contribution in [0.1, 0.15) is 16.1 Å². The zero-order valence-corrected chi connectivity index (χ0v) is 13.6. The second kappa shape index (κ2) is 7.97. The van der Waals surface area contributed by atoms with E-state index in [9.17, 15) is 4.79 Å². The number of nitrogens with two attached hydrogens (primary N) is 1. The van der Waals surface area contributed by atoms with Gasteiger partial charge in [0.1, 0.15) is 22.9 Å². The van der Waals surface area contributed by atoms with Crippen LogP contribution in [-0.2, 0) is 6.42 Å². The van der Waals surface area contributed by atoms with E-state index >= 15 is 0 Å². The van der Waals surface area contributed by atoms with Gasteiger partial charge in [-0.1, -0.05) is 36.4 Å². The first kappa shape index (κ1) is 16.5. The van der Waals surface area contributed by atoms with Gasteiger partial charge in [-0.3, -0.25) is 9.78 Å². The molecule has 1 amide bonds. The molecule has 3 rings (SSSR count). The standard InChI is InChI=1S/C20H18N2O3/c21-20(23)19-14-18(9-11-22-19)25-17-8-4-7-16(13-17)24-12-10-15-5-2-1-3-6-15/h1-9,11,13-14H,10,12H2,(H2,21,23). The maximum Gasteiger partial charge on any atom is 0.267 e. The predicted octanol–water partition coefficient (Wildman–Crippen LogP) is 3.59. The van der Waals surface area contributed by atoms with Crippen molar-refractivity contribution in [1.82, 2.24) is 4.98 Å². The first-order chi connectivity index (χ1) is 12.2. The molecule has 0 aliphatic rings. The molecule has 1 heterocycles. The first-order valence-electron chi connectivity index (χ1n) is 7.91. The summed E-state index contributed by atoms with van der Waals surface area (Å²) in [6, 6.07) is 20.7. The van der Waals surface area contributed by atoms with E-state index in [0.717, 1.165) is 12.2 Å². The van der Waals surface area contributed by atoms with Crippen molar-refractivity contribution >= 4 is 5.91 Å². The summed E-state index contributed by atoms with van der Waals surface area (Å²) in [7, 11) is 0. The molecule has 0 spiro atoms. The number of hydrogen-bond donors (Lipinski definition) is 1. The highest BCUT2D eigenvalue weighted by atomic mass is 16.5. The van der Waals surface area contributed by atoms with Crippen LogP contribution in [0.15, 0.2) is 72.9 Å².